The normalized spacial score (nSPS) is 20.6. The molecule has 2 aromatic rings. The number of thiazole rings is 1. The van der Waals surface area contributed by atoms with Crippen LogP contribution in [-0.2, 0) is 16.1 Å². The molecule has 132 valence electrons. The van der Waals surface area contributed by atoms with Crippen LogP contribution in [-0.4, -0.2) is 11.0 Å². The molecule has 1 aromatic carbocycles. The number of allylic oxidation sites excluding steroid dienone is 2. The largest absolute Gasteiger partial charge is 0.460 e. The predicted octanol–water partition coefficient (Wildman–Crippen LogP) is 5.22. The van der Waals surface area contributed by atoms with Crippen LogP contribution >= 0.6 is 11.3 Å². The molecule has 1 aliphatic carbocycles. The van der Waals surface area contributed by atoms with Gasteiger partial charge in [0.1, 0.15) is 12.4 Å². The quantitative estimate of drug-likeness (QED) is 0.525. The maximum Gasteiger partial charge on any atom is 0.310 e. The van der Waals surface area contributed by atoms with E-state index < -0.39 is 0 Å². The van der Waals surface area contributed by atoms with Gasteiger partial charge in [0, 0.05) is 6.20 Å². The maximum atomic E-state index is 12.4. The zero-order valence-electron chi connectivity index (χ0n) is 15.0. The van der Waals surface area contributed by atoms with Gasteiger partial charge in [-0.3, -0.25) is 4.79 Å². The minimum atomic E-state index is -0.133. The molecule has 4 nitrogen and oxygen atoms in total. The number of ether oxygens (including phenoxy) is 2. The van der Waals surface area contributed by atoms with Gasteiger partial charge in [0.15, 0.2) is 0 Å². The van der Waals surface area contributed by atoms with Crippen molar-refractivity contribution in [2.45, 2.75) is 34.3 Å². The monoisotopic (exact) mass is 357 g/mol. The first kappa shape index (κ1) is 17.7. The fraction of sp³-hybridized carbons (Fsp3) is 0.400. The molecule has 5 heteroatoms. The maximum absolute atomic E-state index is 12.4. The molecule has 0 saturated heterocycles. The van der Waals surface area contributed by atoms with Crippen molar-refractivity contribution in [2.24, 2.45) is 17.3 Å². The van der Waals surface area contributed by atoms with E-state index in [4.69, 9.17) is 9.47 Å². The van der Waals surface area contributed by atoms with Crippen LogP contribution in [0.2, 0.25) is 0 Å². The highest BCUT2D eigenvalue weighted by molar-refractivity contribution is 7.13. The Kier molecular flexibility index (Phi) is 4.95. The number of carbonyl (C=O) groups is 1. The molecule has 1 saturated carbocycles. The van der Waals surface area contributed by atoms with E-state index in [1.807, 2.05) is 30.3 Å². The number of para-hydroxylation sites is 1. The third kappa shape index (κ3) is 4.10. The number of aromatic nitrogens is 1. The van der Waals surface area contributed by atoms with E-state index in [1.165, 1.54) is 16.9 Å². The van der Waals surface area contributed by atoms with E-state index in [-0.39, 0.29) is 29.8 Å². The van der Waals surface area contributed by atoms with Gasteiger partial charge in [0.2, 0.25) is 0 Å². The Labute approximate surface area is 152 Å². The van der Waals surface area contributed by atoms with Gasteiger partial charge >= 0.3 is 5.97 Å². The van der Waals surface area contributed by atoms with Gasteiger partial charge in [-0.25, -0.2) is 4.98 Å². The smallest absolute Gasteiger partial charge is 0.310 e. The van der Waals surface area contributed by atoms with Crippen LogP contribution in [0.4, 0.5) is 0 Å². The molecule has 1 aliphatic rings. The van der Waals surface area contributed by atoms with E-state index in [0.717, 1.165) is 10.6 Å². The second-order valence-corrected chi connectivity index (χ2v) is 8.26. The van der Waals surface area contributed by atoms with Crippen LogP contribution in [0.5, 0.6) is 10.9 Å². The van der Waals surface area contributed by atoms with Gasteiger partial charge in [0.05, 0.1) is 10.8 Å². The van der Waals surface area contributed by atoms with Crippen molar-refractivity contribution in [3.63, 3.8) is 0 Å². The molecule has 0 radical (unpaired) electrons. The zero-order chi connectivity index (χ0) is 18.0. The van der Waals surface area contributed by atoms with E-state index in [1.54, 1.807) is 6.20 Å². The van der Waals surface area contributed by atoms with Gasteiger partial charge in [-0.2, -0.15) is 0 Å². The first-order chi connectivity index (χ1) is 11.9. The number of carbonyl (C=O) groups excluding carboxylic acids is 1. The van der Waals surface area contributed by atoms with Gasteiger partial charge < -0.3 is 9.47 Å². The molecule has 0 bridgehead atoms. The third-order valence-electron chi connectivity index (χ3n) is 4.51. The Morgan fingerprint density at radius 1 is 1.28 bits per heavy atom. The number of nitrogens with zero attached hydrogens (tertiary/aromatic N) is 1. The van der Waals surface area contributed by atoms with E-state index in [9.17, 15) is 4.79 Å². The lowest BCUT2D eigenvalue weighted by Gasteiger charge is -2.04. The molecule has 0 unspecified atom stereocenters. The standard InChI is InChI=1S/C20H23NO3S/c1-13(2)10-16-17(20(16,3)4)18(22)23-12-15-11-21-19(25-15)24-14-8-6-5-7-9-14/h5-11,16-17H,12H2,1-4H3/t16-,17+/m1/s1. The van der Waals surface area contributed by atoms with Crippen molar-refractivity contribution in [3.8, 4) is 10.9 Å². The van der Waals surface area contributed by atoms with Gasteiger partial charge in [-0.15, -0.1) is 0 Å². The first-order valence-corrected chi connectivity index (χ1v) is 9.19. The number of rotatable bonds is 6. The van der Waals surface area contributed by atoms with Gasteiger partial charge in [-0.05, 0) is 37.3 Å². The highest BCUT2D eigenvalue weighted by atomic mass is 32.1. The van der Waals surface area contributed by atoms with Crippen molar-refractivity contribution >= 4 is 17.3 Å². The van der Waals surface area contributed by atoms with Crippen molar-refractivity contribution < 1.29 is 14.3 Å². The molecule has 1 fully saturated rings. The summed E-state index contributed by atoms with van der Waals surface area (Å²) in [5.41, 5.74) is 1.21. The Bertz CT molecular complexity index is 775. The molecule has 0 aliphatic heterocycles. The number of hydrogen-bond acceptors (Lipinski definition) is 5. The summed E-state index contributed by atoms with van der Waals surface area (Å²) in [6, 6.07) is 9.50. The van der Waals surface area contributed by atoms with Gasteiger partial charge in [0.25, 0.3) is 5.19 Å². The van der Waals surface area contributed by atoms with E-state index >= 15 is 0 Å². The fourth-order valence-corrected chi connectivity index (χ4v) is 3.71. The predicted molar refractivity (Wildman–Crippen MR) is 98.6 cm³/mol. The average Bonchev–Trinajstić information content (AvgIpc) is 2.90. The minimum absolute atomic E-state index is 0.0242. The van der Waals surface area contributed by atoms with Gasteiger partial charge in [-0.1, -0.05) is 55.0 Å². The van der Waals surface area contributed by atoms with E-state index in [2.05, 4.69) is 38.8 Å². The average molecular weight is 357 g/mol. The molecule has 0 spiro atoms. The molecule has 1 aromatic heterocycles. The van der Waals surface area contributed by atoms with Crippen LogP contribution in [0.25, 0.3) is 0 Å². The van der Waals surface area contributed by atoms with Crippen LogP contribution in [0.1, 0.15) is 32.6 Å². The van der Waals surface area contributed by atoms with E-state index in [0.29, 0.717) is 5.19 Å². The summed E-state index contributed by atoms with van der Waals surface area (Å²) >= 11 is 1.39. The van der Waals surface area contributed by atoms with Crippen LogP contribution in [0, 0.1) is 17.3 Å². The zero-order valence-corrected chi connectivity index (χ0v) is 15.8. The fourth-order valence-electron chi connectivity index (χ4n) is 3.02. The Hall–Kier alpha value is -2.14. The van der Waals surface area contributed by atoms with Crippen molar-refractivity contribution in [1.82, 2.24) is 4.98 Å². The van der Waals surface area contributed by atoms with Crippen molar-refractivity contribution in [2.75, 3.05) is 0 Å². The summed E-state index contributed by atoms with van der Waals surface area (Å²) in [6.45, 7) is 8.58. The molecule has 2 atom stereocenters. The Morgan fingerprint density at radius 2 is 2.00 bits per heavy atom. The summed E-state index contributed by atoms with van der Waals surface area (Å²) in [6.07, 6.45) is 3.87. The molecule has 3 rings (SSSR count). The highest BCUT2D eigenvalue weighted by Gasteiger charge is 2.61. The minimum Gasteiger partial charge on any atom is -0.460 e. The third-order valence-corrected chi connectivity index (χ3v) is 5.36. The summed E-state index contributed by atoms with van der Waals surface area (Å²) in [7, 11) is 0. The lowest BCUT2D eigenvalue weighted by atomic mass is 10.1. The lowest BCUT2D eigenvalue weighted by Crippen LogP contribution is -2.10. The summed E-state index contributed by atoms with van der Waals surface area (Å²) in [4.78, 5) is 17.5. The number of hydrogen-bond donors (Lipinski definition) is 0. The lowest BCUT2D eigenvalue weighted by molar-refractivity contribution is -0.147. The van der Waals surface area contributed by atoms with Crippen LogP contribution < -0.4 is 4.74 Å². The summed E-state index contributed by atoms with van der Waals surface area (Å²) in [5.74, 6) is 0.815. The highest BCUT2D eigenvalue weighted by Crippen LogP contribution is 2.59. The SMILES string of the molecule is CC(C)=C[C@@H]1[C@@H](C(=O)OCc2cnc(Oc3ccccc3)s2)C1(C)C. The second-order valence-electron chi connectivity index (χ2n) is 7.18. The topological polar surface area (TPSA) is 48.4 Å². The molecule has 0 N–H and O–H groups in total. The Morgan fingerprint density at radius 3 is 2.68 bits per heavy atom. The summed E-state index contributed by atoms with van der Waals surface area (Å²) < 4.78 is 11.2. The molecule has 1 heterocycles. The number of benzene rings is 1. The Balaban J connectivity index is 1.54. The molecular weight excluding hydrogens is 334 g/mol. The molecule has 0 amide bonds. The van der Waals surface area contributed by atoms with Crippen molar-refractivity contribution in [1.29, 1.82) is 0 Å². The number of esters is 1. The van der Waals surface area contributed by atoms with Crippen LogP contribution in [0.3, 0.4) is 0 Å². The second kappa shape index (κ2) is 7.00. The molecular formula is C20H23NO3S. The van der Waals surface area contributed by atoms with Crippen molar-refractivity contribution in [3.05, 3.63) is 53.1 Å². The first-order valence-electron chi connectivity index (χ1n) is 8.37. The molecule has 25 heavy (non-hydrogen) atoms. The summed E-state index contributed by atoms with van der Waals surface area (Å²) in [5, 5.41) is 0.548. The van der Waals surface area contributed by atoms with Crippen LogP contribution in [0.15, 0.2) is 48.2 Å².